The Kier molecular flexibility index (Phi) is 5.28. The molecule has 1 saturated carbocycles. The van der Waals surface area contributed by atoms with Crippen molar-refractivity contribution in [2.24, 2.45) is 5.92 Å². The van der Waals surface area contributed by atoms with E-state index in [1.165, 1.54) is 30.8 Å². The first-order valence-corrected chi connectivity index (χ1v) is 6.82. The molecule has 2 unspecified atom stereocenters. The van der Waals surface area contributed by atoms with Crippen LogP contribution in [-0.2, 0) is 0 Å². The van der Waals surface area contributed by atoms with Gasteiger partial charge in [0.05, 0.1) is 6.61 Å². The molecular formula is C11H23NOS. The Balaban J connectivity index is 2.41. The first kappa shape index (κ1) is 12.3. The monoisotopic (exact) mass is 217 g/mol. The normalized spacial score (nSPS) is 32.4. The second kappa shape index (κ2) is 5.99. The van der Waals surface area contributed by atoms with E-state index in [9.17, 15) is 5.11 Å². The quantitative estimate of drug-likeness (QED) is 0.666. The standard InChI is InChI=1S/C11H23NOS/c1-3-14-8-6-10-5-4-7-11(10,9-13)12-2/h10,12-13H,3-9H2,1-2H3. The third-order valence-electron chi connectivity index (χ3n) is 3.55. The minimum atomic E-state index is 0.0360. The van der Waals surface area contributed by atoms with Gasteiger partial charge in [0.1, 0.15) is 0 Å². The van der Waals surface area contributed by atoms with Crippen LogP contribution in [0.5, 0.6) is 0 Å². The van der Waals surface area contributed by atoms with Crippen LogP contribution in [0.15, 0.2) is 0 Å². The molecule has 0 saturated heterocycles. The highest BCUT2D eigenvalue weighted by molar-refractivity contribution is 7.99. The van der Waals surface area contributed by atoms with Gasteiger partial charge in [-0.15, -0.1) is 0 Å². The predicted octanol–water partition coefficient (Wildman–Crippen LogP) is 1.88. The average molecular weight is 217 g/mol. The van der Waals surface area contributed by atoms with E-state index in [1.54, 1.807) is 0 Å². The highest BCUT2D eigenvalue weighted by Gasteiger charge is 2.40. The molecule has 84 valence electrons. The minimum absolute atomic E-state index is 0.0360. The number of thioether (sulfide) groups is 1. The fourth-order valence-corrected chi connectivity index (χ4v) is 3.29. The van der Waals surface area contributed by atoms with Crippen molar-refractivity contribution in [1.29, 1.82) is 0 Å². The second-order valence-electron chi connectivity index (χ2n) is 4.14. The number of hydrogen-bond acceptors (Lipinski definition) is 3. The van der Waals surface area contributed by atoms with E-state index in [-0.39, 0.29) is 5.54 Å². The summed E-state index contributed by atoms with van der Waals surface area (Å²) in [6.45, 7) is 2.50. The molecule has 0 radical (unpaired) electrons. The molecule has 1 rings (SSSR count). The van der Waals surface area contributed by atoms with Crippen molar-refractivity contribution < 1.29 is 5.11 Å². The third kappa shape index (κ3) is 2.65. The van der Waals surface area contributed by atoms with Crippen molar-refractivity contribution >= 4 is 11.8 Å². The smallest absolute Gasteiger partial charge is 0.0615 e. The van der Waals surface area contributed by atoms with Gasteiger partial charge in [-0.1, -0.05) is 13.3 Å². The fraction of sp³-hybridized carbons (Fsp3) is 1.00. The van der Waals surface area contributed by atoms with Gasteiger partial charge in [0.15, 0.2) is 0 Å². The van der Waals surface area contributed by atoms with Crippen LogP contribution in [0.4, 0.5) is 0 Å². The van der Waals surface area contributed by atoms with Gasteiger partial charge in [-0.2, -0.15) is 11.8 Å². The first-order chi connectivity index (χ1) is 6.79. The van der Waals surface area contributed by atoms with E-state index in [0.717, 1.165) is 6.42 Å². The Morgan fingerprint density at radius 2 is 2.36 bits per heavy atom. The number of likely N-dealkylation sites (N-methyl/N-ethyl adjacent to an activating group) is 1. The van der Waals surface area contributed by atoms with Gasteiger partial charge >= 0.3 is 0 Å². The van der Waals surface area contributed by atoms with Gasteiger partial charge in [0, 0.05) is 5.54 Å². The Hall–Kier alpha value is 0.270. The molecule has 0 aromatic rings. The maximum atomic E-state index is 9.47. The third-order valence-corrected chi connectivity index (χ3v) is 4.48. The lowest BCUT2D eigenvalue weighted by Crippen LogP contribution is -2.49. The molecule has 2 atom stereocenters. The maximum Gasteiger partial charge on any atom is 0.0615 e. The first-order valence-electron chi connectivity index (χ1n) is 5.66. The number of nitrogens with one attached hydrogen (secondary N) is 1. The summed E-state index contributed by atoms with van der Waals surface area (Å²) in [5.41, 5.74) is 0.0360. The van der Waals surface area contributed by atoms with E-state index in [0.29, 0.717) is 12.5 Å². The lowest BCUT2D eigenvalue weighted by atomic mass is 9.86. The predicted molar refractivity (Wildman–Crippen MR) is 63.8 cm³/mol. The molecule has 0 amide bonds. The van der Waals surface area contributed by atoms with E-state index < -0.39 is 0 Å². The summed E-state index contributed by atoms with van der Waals surface area (Å²) in [7, 11) is 1.99. The molecule has 14 heavy (non-hydrogen) atoms. The lowest BCUT2D eigenvalue weighted by Gasteiger charge is -2.33. The summed E-state index contributed by atoms with van der Waals surface area (Å²) < 4.78 is 0. The molecule has 0 aromatic heterocycles. The number of aliphatic hydroxyl groups excluding tert-OH is 1. The Morgan fingerprint density at radius 1 is 1.57 bits per heavy atom. The summed E-state index contributed by atoms with van der Waals surface area (Å²) in [4.78, 5) is 0. The molecule has 0 aliphatic heterocycles. The number of hydrogen-bond donors (Lipinski definition) is 2. The van der Waals surface area contributed by atoms with Crippen LogP contribution in [0.25, 0.3) is 0 Å². The fourth-order valence-electron chi connectivity index (χ4n) is 2.55. The van der Waals surface area contributed by atoms with Crippen LogP contribution in [-0.4, -0.2) is 35.8 Å². The summed E-state index contributed by atoms with van der Waals surface area (Å²) in [6, 6.07) is 0. The van der Waals surface area contributed by atoms with Gasteiger partial charge < -0.3 is 10.4 Å². The topological polar surface area (TPSA) is 32.3 Å². The van der Waals surface area contributed by atoms with Crippen molar-refractivity contribution in [2.45, 2.75) is 38.1 Å². The van der Waals surface area contributed by atoms with Crippen LogP contribution in [0.3, 0.4) is 0 Å². The zero-order valence-corrected chi connectivity index (χ0v) is 10.2. The van der Waals surface area contributed by atoms with E-state index in [4.69, 9.17) is 0 Å². The molecule has 0 spiro atoms. The Labute approximate surface area is 91.9 Å². The van der Waals surface area contributed by atoms with Crippen LogP contribution in [0, 0.1) is 5.92 Å². The number of aliphatic hydroxyl groups is 1. The summed E-state index contributed by atoms with van der Waals surface area (Å²) in [6.07, 6.45) is 4.94. The molecule has 2 N–H and O–H groups in total. The van der Waals surface area contributed by atoms with Crippen LogP contribution in [0.2, 0.25) is 0 Å². The van der Waals surface area contributed by atoms with Gasteiger partial charge in [-0.25, -0.2) is 0 Å². The Bertz CT molecular complexity index is 159. The SMILES string of the molecule is CCSCCC1CCCC1(CO)NC. The van der Waals surface area contributed by atoms with E-state index in [2.05, 4.69) is 12.2 Å². The van der Waals surface area contributed by atoms with Crippen molar-refractivity contribution in [3.63, 3.8) is 0 Å². The highest BCUT2D eigenvalue weighted by Crippen LogP contribution is 2.37. The van der Waals surface area contributed by atoms with Crippen molar-refractivity contribution in [2.75, 3.05) is 25.2 Å². The minimum Gasteiger partial charge on any atom is -0.394 e. The van der Waals surface area contributed by atoms with Crippen molar-refractivity contribution in [3.8, 4) is 0 Å². The van der Waals surface area contributed by atoms with Gasteiger partial charge in [0.2, 0.25) is 0 Å². The van der Waals surface area contributed by atoms with Gasteiger partial charge in [-0.3, -0.25) is 0 Å². The molecule has 3 heteroatoms. The zero-order chi connectivity index (χ0) is 10.4. The largest absolute Gasteiger partial charge is 0.394 e. The van der Waals surface area contributed by atoms with Crippen molar-refractivity contribution in [3.05, 3.63) is 0 Å². The van der Waals surface area contributed by atoms with Crippen molar-refractivity contribution in [1.82, 2.24) is 5.32 Å². The van der Waals surface area contributed by atoms with E-state index in [1.807, 2.05) is 18.8 Å². The van der Waals surface area contributed by atoms with Gasteiger partial charge in [0.25, 0.3) is 0 Å². The number of rotatable bonds is 6. The second-order valence-corrected chi connectivity index (χ2v) is 5.53. The van der Waals surface area contributed by atoms with E-state index >= 15 is 0 Å². The molecule has 0 heterocycles. The average Bonchev–Trinajstić information content (AvgIpc) is 2.62. The molecule has 1 aliphatic carbocycles. The summed E-state index contributed by atoms with van der Waals surface area (Å²) in [5, 5.41) is 12.8. The van der Waals surface area contributed by atoms with Crippen LogP contribution >= 0.6 is 11.8 Å². The summed E-state index contributed by atoms with van der Waals surface area (Å²) >= 11 is 2.01. The molecule has 0 aromatic carbocycles. The maximum absolute atomic E-state index is 9.47. The molecular weight excluding hydrogens is 194 g/mol. The Morgan fingerprint density at radius 3 is 2.93 bits per heavy atom. The van der Waals surface area contributed by atoms with Crippen LogP contribution in [0.1, 0.15) is 32.6 Å². The molecule has 1 aliphatic rings. The highest BCUT2D eigenvalue weighted by atomic mass is 32.2. The summed E-state index contributed by atoms with van der Waals surface area (Å²) in [5.74, 6) is 3.12. The molecule has 1 fully saturated rings. The zero-order valence-electron chi connectivity index (χ0n) is 9.38. The lowest BCUT2D eigenvalue weighted by molar-refractivity contribution is 0.130. The molecule has 2 nitrogen and oxygen atoms in total. The van der Waals surface area contributed by atoms with Gasteiger partial charge in [-0.05, 0) is 43.7 Å². The van der Waals surface area contributed by atoms with Crippen LogP contribution < -0.4 is 5.32 Å². The molecule has 0 bridgehead atoms.